The van der Waals surface area contributed by atoms with E-state index in [0.717, 1.165) is 22.3 Å². The second kappa shape index (κ2) is 5.53. The Hall–Kier alpha value is -2.41. The summed E-state index contributed by atoms with van der Waals surface area (Å²) in [4.78, 5) is 20.3. The number of hydrogen-bond donors (Lipinski definition) is 2. The molecule has 0 bridgehead atoms. The number of pyridine rings is 1. The van der Waals surface area contributed by atoms with Gasteiger partial charge in [-0.3, -0.25) is 0 Å². The molecule has 0 aliphatic heterocycles. The van der Waals surface area contributed by atoms with Gasteiger partial charge in [0.15, 0.2) is 5.16 Å². The van der Waals surface area contributed by atoms with Crippen molar-refractivity contribution in [1.29, 1.82) is 0 Å². The van der Waals surface area contributed by atoms with Crippen LogP contribution in [0.15, 0.2) is 40.9 Å². The molecule has 0 atom stereocenters. The Kier molecular flexibility index (Phi) is 3.57. The van der Waals surface area contributed by atoms with Gasteiger partial charge in [-0.15, -0.1) is 0 Å². The summed E-state index contributed by atoms with van der Waals surface area (Å²) in [5, 5.41) is 1.71. The Morgan fingerprint density at radius 1 is 1.33 bits per heavy atom. The average Bonchev–Trinajstić information content (AvgIpc) is 2.99. The molecule has 0 radical (unpaired) electrons. The van der Waals surface area contributed by atoms with Gasteiger partial charge in [0.1, 0.15) is 17.2 Å². The third-order valence-corrected chi connectivity index (χ3v) is 3.71. The van der Waals surface area contributed by atoms with E-state index in [1.165, 1.54) is 11.8 Å². The summed E-state index contributed by atoms with van der Waals surface area (Å²) in [7, 11) is 0. The molecule has 0 aliphatic carbocycles. The zero-order chi connectivity index (χ0) is 14.8. The lowest BCUT2D eigenvalue weighted by molar-refractivity contribution is 0.958. The molecule has 106 valence electrons. The summed E-state index contributed by atoms with van der Waals surface area (Å²) in [6, 6.07) is 3.72. The monoisotopic (exact) mass is 298 g/mol. The number of aryl methyl sites for hydroxylation is 1. The highest BCUT2D eigenvalue weighted by atomic mass is 32.2. The number of H-pyrrole nitrogens is 1. The van der Waals surface area contributed by atoms with Crippen LogP contribution in [0, 0.1) is 6.92 Å². The predicted octanol–water partition coefficient (Wildman–Crippen LogP) is 2.42. The van der Waals surface area contributed by atoms with Crippen LogP contribution in [0.2, 0.25) is 0 Å². The number of aromatic amines is 1. The van der Waals surface area contributed by atoms with E-state index in [0.29, 0.717) is 16.7 Å². The highest BCUT2D eigenvalue weighted by Gasteiger charge is 2.07. The zero-order valence-corrected chi connectivity index (χ0v) is 12.5. The lowest BCUT2D eigenvalue weighted by Gasteiger charge is -2.04. The van der Waals surface area contributed by atoms with Gasteiger partial charge in [0.05, 0.1) is 11.9 Å². The molecule has 21 heavy (non-hydrogen) atoms. The van der Waals surface area contributed by atoms with Crippen molar-refractivity contribution in [2.24, 2.45) is 10.7 Å². The van der Waals surface area contributed by atoms with Crippen LogP contribution in [0.25, 0.3) is 11.0 Å². The summed E-state index contributed by atoms with van der Waals surface area (Å²) in [6.45, 7) is 2.00. The maximum Gasteiger partial charge on any atom is 0.187 e. The molecule has 0 aromatic carbocycles. The quantitative estimate of drug-likeness (QED) is 0.335. The van der Waals surface area contributed by atoms with Crippen molar-refractivity contribution in [3.63, 3.8) is 0 Å². The van der Waals surface area contributed by atoms with E-state index in [2.05, 4.69) is 24.9 Å². The number of rotatable bonds is 3. The summed E-state index contributed by atoms with van der Waals surface area (Å²) >= 11 is 1.46. The Balaban J connectivity index is 2.03. The van der Waals surface area contributed by atoms with Crippen LogP contribution >= 0.6 is 11.8 Å². The van der Waals surface area contributed by atoms with Gasteiger partial charge < -0.3 is 10.7 Å². The van der Waals surface area contributed by atoms with Crippen LogP contribution in [0.4, 0.5) is 5.69 Å². The van der Waals surface area contributed by atoms with Gasteiger partial charge in [-0.05, 0) is 30.9 Å². The lowest BCUT2D eigenvalue weighted by atomic mass is 10.2. The molecule has 3 heterocycles. The largest absolute Gasteiger partial charge is 0.382 e. The number of aliphatic imine (C=N–C) groups is 1. The van der Waals surface area contributed by atoms with Crippen molar-refractivity contribution < 1.29 is 0 Å². The van der Waals surface area contributed by atoms with E-state index in [9.17, 15) is 0 Å². The third-order valence-electron chi connectivity index (χ3n) is 3.15. The molecule has 6 nitrogen and oxygen atoms in total. The SMILES string of the molecule is CSc1nccc(C(N)=Nc2cnc3[nH]ccc3c2C)n1. The normalized spacial score (nSPS) is 12.0. The number of nitrogens with one attached hydrogen (secondary N) is 1. The highest BCUT2D eigenvalue weighted by Crippen LogP contribution is 2.25. The second-order valence-corrected chi connectivity index (χ2v) is 5.21. The first kappa shape index (κ1) is 13.6. The van der Waals surface area contributed by atoms with Crippen LogP contribution in [-0.4, -0.2) is 32.0 Å². The Labute approximate surface area is 125 Å². The van der Waals surface area contributed by atoms with Crippen molar-refractivity contribution in [3.8, 4) is 0 Å². The number of aromatic nitrogens is 4. The number of fused-ring (bicyclic) bond motifs is 1. The van der Waals surface area contributed by atoms with Crippen molar-refractivity contribution >= 4 is 34.3 Å². The molecule has 3 aromatic heterocycles. The second-order valence-electron chi connectivity index (χ2n) is 4.43. The molecule has 0 saturated heterocycles. The van der Waals surface area contributed by atoms with Gasteiger partial charge in [-0.2, -0.15) is 0 Å². The fraction of sp³-hybridized carbons (Fsp3) is 0.143. The van der Waals surface area contributed by atoms with Gasteiger partial charge in [-0.1, -0.05) is 11.8 Å². The summed E-state index contributed by atoms with van der Waals surface area (Å²) in [5.41, 5.74) is 9.28. The number of thioether (sulfide) groups is 1. The number of nitrogens with two attached hydrogens (primary N) is 1. The molecule has 0 spiro atoms. The zero-order valence-electron chi connectivity index (χ0n) is 11.7. The molecule has 0 amide bonds. The van der Waals surface area contributed by atoms with E-state index < -0.39 is 0 Å². The molecule has 0 unspecified atom stereocenters. The van der Waals surface area contributed by atoms with Crippen molar-refractivity contribution in [1.82, 2.24) is 19.9 Å². The van der Waals surface area contributed by atoms with E-state index in [1.807, 2.05) is 25.4 Å². The van der Waals surface area contributed by atoms with Crippen LogP contribution in [0.1, 0.15) is 11.3 Å². The molecule has 3 aromatic rings. The van der Waals surface area contributed by atoms with E-state index in [1.54, 1.807) is 18.5 Å². The maximum atomic E-state index is 6.05. The summed E-state index contributed by atoms with van der Waals surface area (Å²) < 4.78 is 0. The predicted molar refractivity (Wildman–Crippen MR) is 85.0 cm³/mol. The van der Waals surface area contributed by atoms with Crippen LogP contribution in [-0.2, 0) is 0 Å². The third kappa shape index (κ3) is 2.59. The Morgan fingerprint density at radius 3 is 3.00 bits per heavy atom. The van der Waals surface area contributed by atoms with Crippen molar-refractivity contribution in [3.05, 3.63) is 42.0 Å². The number of hydrogen-bond acceptors (Lipinski definition) is 5. The summed E-state index contributed by atoms with van der Waals surface area (Å²) in [6.07, 6.45) is 7.16. The van der Waals surface area contributed by atoms with Gasteiger partial charge in [0, 0.05) is 17.8 Å². The minimum atomic E-state index is 0.354. The standard InChI is InChI=1S/C14H14N6S/c1-8-9-3-5-16-13(9)18-7-11(8)19-12(15)10-4-6-17-14(20-10)21-2/h3-7H,1-2H3,(H2,15,19)(H,16,18). The minimum Gasteiger partial charge on any atom is -0.382 e. The molecule has 3 N–H and O–H groups in total. The minimum absolute atomic E-state index is 0.354. The van der Waals surface area contributed by atoms with E-state index >= 15 is 0 Å². The fourth-order valence-electron chi connectivity index (χ4n) is 2.01. The molecule has 0 saturated carbocycles. The van der Waals surface area contributed by atoms with Crippen molar-refractivity contribution in [2.75, 3.05) is 6.26 Å². The molecule has 0 fully saturated rings. The van der Waals surface area contributed by atoms with Gasteiger partial charge >= 0.3 is 0 Å². The summed E-state index contributed by atoms with van der Waals surface area (Å²) in [5.74, 6) is 0.354. The fourth-order valence-corrected chi connectivity index (χ4v) is 2.37. The molecular formula is C14H14N6S. The first-order chi connectivity index (χ1) is 10.2. The van der Waals surface area contributed by atoms with E-state index in [-0.39, 0.29) is 0 Å². The Morgan fingerprint density at radius 2 is 2.19 bits per heavy atom. The van der Waals surface area contributed by atoms with Crippen LogP contribution < -0.4 is 5.73 Å². The smallest absolute Gasteiger partial charge is 0.187 e. The first-order valence-electron chi connectivity index (χ1n) is 6.33. The van der Waals surface area contributed by atoms with Gasteiger partial charge in [0.2, 0.25) is 0 Å². The Bertz CT molecular complexity index is 823. The number of amidine groups is 1. The van der Waals surface area contributed by atoms with Gasteiger partial charge in [0.25, 0.3) is 0 Å². The van der Waals surface area contributed by atoms with Gasteiger partial charge in [-0.25, -0.2) is 19.9 Å². The highest BCUT2D eigenvalue weighted by molar-refractivity contribution is 7.98. The number of nitrogens with zero attached hydrogens (tertiary/aromatic N) is 4. The molecular weight excluding hydrogens is 284 g/mol. The van der Waals surface area contributed by atoms with Crippen LogP contribution in [0.5, 0.6) is 0 Å². The maximum absolute atomic E-state index is 6.05. The molecule has 7 heteroatoms. The van der Waals surface area contributed by atoms with Crippen LogP contribution in [0.3, 0.4) is 0 Å². The van der Waals surface area contributed by atoms with E-state index in [4.69, 9.17) is 5.73 Å². The lowest BCUT2D eigenvalue weighted by Crippen LogP contribution is -2.15. The molecule has 3 rings (SSSR count). The molecule has 0 aliphatic rings. The first-order valence-corrected chi connectivity index (χ1v) is 7.56. The average molecular weight is 298 g/mol. The topological polar surface area (TPSA) is 92.8 Å². The van der Waals surface area contributed by atoms with Crippen molar-refractivity contribution in [2.45, 2.75) is 12.1 Å².